The van der Waals surface area contributed by atoms with Crippen molar-refractivity contribution in [3.63, 3.8) is 0 Å². The number of hydrogen-bond donors (Lipinski definition) is 1. The van der Waals surface area contributed by atoms with Crippen LogP contribution in [0.5, 0.6) is 5.75 Å². The Bertz CT molecular complexity index is 630. The fourth-order valence-electron chi connectivity index (χ4n) is 2.41. The Morgan fingerprint density at radius 2 is 1.95 bits per heavy atom. The Balaban J connectivity index is 2.34. The fourth-order valence-corrected chi connectivity index (χ4v) is 2.99. The van der Waals surface area contributed by atoms with Gasteiger partial charge < -0.3 is 9.84 Å². The van der Waals surface area contributed by atoms with Crippen molar-refractivity contribution in [2.24, 2.45) is 0 Å². The Labute approximate surface area is 132 Å². The Kier molecular flexibility index (Phi) is 5.01. The minimum Gasteiger partial charge on any atom is -0.496 e. The van der Waals surface area contributed by atoms with Gasteiger partial charge in [-0.1, -0.05) is 31.2 Å². The van der Waals surface area contributed by atoms with Gasteiger partial charge in [-0.3, -0.25) is 0 Å². The van der Waals surface area contributed by atoms with E-state index in [1.165, 1.54) is 6.07 Å². The van der Waals surface area contributed by atoms with Crippen molar-refractivity contribution >= 4 is 15.9 Å². The van der Waals surface area contributed by atoms with E-state index in [4.69, 9.17) is 4.74 Å². The molecule has 2 aromatic rings. The zero-order valence-corrected chi connectivity index (χ0v) is 13.7. The molecular formula is C17H18BrFO2. The second-order valence-electron chi connectivity index (χ2n) is 5.01. The van der Waals surface area contributed by atoms with Crippen LogP contribution in [0.2, 0.25) is 0 Å². The summed E-state index contributed by atoms with van der Waals surface area (Å²) in [4.78, 5) is 0. The quantitative estimate of drug-likeness (QED) is 0.861. The van der Waals surface area contributed by atoms with Gasteiger partial charge in [-0.05, 0) is 46.1 Å². The van der Waals surface area contributed by atoms with Gasteiger partial charge in [-0.25, -0.2) is 4.39 Å². The number of benzene rings is 2. The molecule has 0 aliphatic rings. The largest absolute Gasteiger partial charge is 0.496 e. The summed E-state index contributed by atoms with van der Waals surface area (Å²) >= 11 is 3.43. The van der Waals surface area contributed by atoms with E-state index in [0.717, 1.165) is 15.8 Å². The van der Waals surface area contributed by atoms with E-state index in [9.17, 15) is 9.50 Å². The number of halogens is 2. The zero-order valence-electron chi connectivity index (χ0n) is 12.1. The lowest BCUT2D eigenvalue weighted by Gasteiger charge is -2.28. The molecule has 0 radical (unpaired) electrons. The summed E-state index contributed by atoms with van der Waals surface area (Å²) in [6, 6.07) is 12.0. The molecule has 4 heteroatoms. The predicted octanol–water partition coefficient (Wildman–Crippen LogP) is 4.44. The van der Waals surface area contributed by atoms with Crippen LogP contribution in [0.1, 0.15) is 24.5 Å². The van der Waals surface area contributed by atoms with Gasteiger partial charge in [-0.2, -0.15) is 0 Å². The first kappa shape index (κ1) is 16.0. The summed E-state index contributed by atoms with van der Waals surface area (Å²) in [7, 11) is 1.60. The van der Waals surface area contributed by atoms with Crippen LogP contribution in [-0.2, 0) is 12.0 Å². The third-order valence-corrected chi connectivity index (χ3v) is 4.29. The van der Waals surface area contributed by atoms with Crippen LogP contribution in [0.25, 0.3) is 0 Å². The Morgan fingerprint density at radius 3 is 2.52 bits per heavy atom. The number of aliphatic hydroxyl groups is 1. The maximum absolute atomic E-state index is 14.0. The van der Waals surface area contributed by atoms with Gasteiger partial charge >= 0.3 is 0 Å². The maximum atomic E-state index is 14.0. The molecule has 1 unspecified atom stereocenters. The first-order valence-corrected chi connectivity index (χ1v) is 7.59. The molecular weight excluding hydrogens is 335 g/mol. The lowest BCUT2D eigenvalue weighted by molar-refractivity contribution is 0.0291. The summed E-state index contributed by atoms with van der Waals surface area (Å²) in [6.45, 7) is 1.85. The monoisotopic (exact) mass is 352 g/mol. The molecule has 1 atom stereocenters. The minimum atomic E-state index is -1.22. The van der Waals surface area contributed by atoms with Gasteiger partial charge in [0.15, 0.2) is 0 Å². The molecule has 0 aromatic heterocycles. The minimum absolute atomic E-state index is 0.333. The number of ether oxygens (including phenoxy) is 1. The van der Waals surface area contributed by atoms with E-state index in [1.807, 2.05) is 25.1 Å². The van der Waals surface area contributed by atoms with Gasteiger partial charge in [0.25, 0.3) is 0 Å². The van der Waals surface area contributed by atoms with Crippen molar-refractivity contribution in [3.8, 4) is 5.75 Å². The van der Waals surface area contributed by atoms with E-state index >= 15 is 0 Å². The molecule has 112 valence electrons. The second kappa shape index (κ2) is 6.58. The fraction of sp³-hybridized carbons (Fsp3) is 0.294. The molecule has 2 rings (SSSR count). The maximum Gasteiger partial charge on any atom is 0.133 e. The van der Waals surface area contributed by atoms with Crippen LogP contribution in [0.15, 0.2) is 46.9 Å². The summed E-state index contributed by atoms with van der Waals surface area (Å²) in [5.74, 6) is 0.346. The SMILES string of the molecule is CCC(O)(Cc1ccc(OC)c(Br)c1)c1ccccc1F. The average molecular weight is 353 g/mol. The summed E-state index contributed by atoms with van der Waals surface area (Å²) in [6.07, 6.45) is 0.768. The van der Waals surface area contributed by atoms with E-state index in [1.54, 1.807) is 25.3 Å². The second-order valence-corrected chi connectivity index (χ2v) is 5.86. The first-order valence-electron chi connectivity index (χ1n) is 6.80. The number of rotatable bonds is 5. The predicted molar refractivity (Wildman–Crippen MR) is 85.0 cm³/mol. The highest BCUT2D eigenvalue weighted by molar-refractivity contribution is 9.10. The number of hydrogen-bond acceptors (Lipinski definition) is 2. The lowest BCUT2D eigenvalue weighted by Crippen LogP contribution is -2.29. The van der Waals surface area contributed by atoms with E-state index in [-0.39, 0.29) is 5.82 Å². The third-order valence-electron chi connectivity index (χ3n) is 3.67. The van der Waals surface area contributed by atoms with Gasteiger partial charge in [0.05, 0.1) is 17.2 Å². The van der Waals surface area contributed by atoms with Crippen molar-refractivity contribution in [1.29, 1.82) is 0 Å². The highest BCUT2D eigenvalue weighted by Gasteiger charge is 2.30. The molecule has 0 fully saturated rings. The molecule has 0 saturated carbocycles. The summed E-state index contributed by atoms with van der Waals surface area (Å²) in [5.41, 5.74) is 0.0223. The number of methoxy groups -OCH3 is 1. The average Bonchev–Trinajstić information content (AvgIpc) is 2.47. The molecule has 0 saturated heterocycles. The van der Waals surface area contributed by atoms with Crippen molar-refractivity contribution in [1.82, 2.24) is 0 Å². The topological polar surface area (TPSA) is 29.5 Å². The molecule has 0 aliphatic heterocycles. The van der Waals surface area contributed by atoms with Crippen molar-refractivity contribution in [2.45, 2.75) is 25.4 Å². The van der Waals surface area contributed by atoms with Gasteiger partial charge in [0.2, 0.25) is 0 Å². The Morgan fingerprint density at radius 1 is 1.24 bits per heavy atom. The van der Waals surface area contributed by atoms with Crippen molar-refractivity contribution in [3.05, 3.63) is 63.9 Å². The van der Waals surface area contributed by atoms with E-state index < -0.39 is 5.60 Å². The standard InChI is InChI=1S/C17H18BrFO2/c1-3-17(20,13-6-4-5-7-15(13)19)11-12-8-9-16(21-2)14(18)10-12/h4-10,20H,3,11H2,1-2H3. The van der Waals surface area contributed by atoms with Gasteiger partial charge in [0, 0.05) is 12.0 Å². The van der Waals surface area contributed by atoms with Gasteiger partial charge in [-0.15, -0.1) is 0 Å². The molecule has 0 aliphatic carbocycles. The van der Waals surface area contributed by atoms with Crippen molar-refractivity contribution in [2.75, 3.05) is 7.11 Å². The molecule has 21 heavy (non-hydrogen) atoms. The van der Waals surface area contributed by atoms with Crippen LogP contribution >= 0.6 is 15.9 Å². The molecule has 1 N–H and O–H groups in total. The van der Waals surface area contributed by atoms with Crippen LogP contribution < -0.4 is 4.74 Å². The normalized spacial score (nSPS) is 13.8. The summed E-state index contributed by atoms with van der Waals surface area (Å²) in [5, 5.41) is 10.9. The van der Waals surface area contributed by atoms with Crippen LogP contribution in [0.4, 0.5) is 4.39 Å². The van der Waals surface area contributed by atoms with E-state index in [0.29, 0.717) is 18.4 Å². The van der Waals surface area contributed by atoms with Crippen molar-refractivity contribution < 1.29 is 14.2 Å². The molecule has 2 aromatic carbocycles. The molecule has 0 heterocycles. The molecule has 0 amide bonds. The smallest absolute Gasteiger partial charge is 0.133 e. The first-order chi connectivity index (χ1) is 10.00. The lowest BCUT2D eigenvalue weighted by atomic mass is 9.85. The highest BCUT2D eigenvalue weighted by atomic mass is 79.9. The van der Waals surface area contributed by atoms with Crippen LogP contribution in [0, 0.1) is 5.82 Å². The molecule has 0 spiro atoms. The third kappa shape index (κ3) is 3.44. The van der Waals surface area contributed by atoms with Crippen LogP contribution in [0.3, 0.4) is 0 Å². The van der Waals surface area contributed by atoms with Gasteiger partial charge in [0.1, 0.15) is 11.6 Å². The Hall–Kier alpha value is -1.39. The van der Waals surface area contributed by atoms with Crippen LogP contribution in [-0.4, -0.2) is 12.2 Å². The summed E-state index contributed by atoms with van der Waals surface area (Å²) < 4.78 is 20.0. The molecule has 2 nitrogen and oxygen atoms in total. The molecule has 0 bridgehead atoms. The highest BCUT2D eigenvalue weighted by Crippen LogP contribution is 2.33. The zero-order chi connectivity index (χ0) is 15.5. The van der Waals surface area contributed by atoms with E-state index in [2.05, 4.69) is 15.9 Å².